The fraction of sp³-hybridized carbons (Fsp3) is 0.240. The van der Waals surface area contributed by atoms with Gasteiger partial charge in [0.15, 0.2) is 6.20 Å². The summed E-state index contributed by atoms with van der Waals surface area (Å²) in [5, 5.41) is 6.81. The second-order valence-electron chi connectivity index (χ2n) is 7.74. The fourth-order valence-electron chi connectivity index (χ4n) is 3.31. The Morgan fingerprint density at radius 3 is 2.46 bits per heavy atom. The minimum absolute atomic E-state index is 0.252. The van der Waals surface area contributed by atoms with E-state index in [1.807, 2.05) is 23.0 Å². The van der Waals surface area contributed by atoms with Gasteiger partial charge in [-0.15, -0.1) is 13.2 Å². The van der Waals surface area contributed by atoms with Crippen molar-refractivity contribution in [3.05, 3.63) is 89.9 Å². The van der Waals surface area contributed by atoms with E-state index in [9.17, 15) is 13.2 Å². The number of unbranched alkanes of at least 4 members (excludes halogenated alkanes) is 1. The Labute approximate surface area is 199 Å². The number of hydrogen-bond donors (Lipinski definition) is 1. The number of rotatable bonds is 11. The van der Waals surface area contributed by atoms with E-state index in [4.69, 9.17) is 9.15 Å². The molecular weight excluding hydrogens is 461 g/mol. The average molecular weight is 485 g/mol. The number of ether oxygens (including phenoxy) is 2. The number of hydrogen-bond acceptors (Lipinski definition) is 5. The highest BCUT2D eigenvalue weighted by Gasteiger charge is 2.30. The van der Waals surface area contributed by atoms with Crippen molar-refractivity contribution in [2.24, 2.45) is 0 Å². The van der Waals surface area contributed by atoms with Gasteiger partial charge in [-0.25, -0.2) is 4.98 Å². The molecule has 182 valence electrons. The van der Waals surface area contributed by atoms with E-state index >= 15 is 0 Å². The zero-order valence-corrected chi connectivity index (χ0v) is 18.7. The van der Waals surface area contributed by atoms with Crippen LogP contribution in [-0.4, -0.2) is 21.7 Å². The third-order valence-electron chi connectivity index (χ3n) is 5.03. The molecule has 0 spiro atoms. The molecule has 0 bridgehead atoms. The molecule has 0 unspecified atom stereocenters. The molecule has 0 aliphatic rings. The number of H-pyrrole nitrogens is 1. The zero-order valence-electron chi connectivity index (χ0n) is 18.7. The number of aryl methyl sites for hydroxylation is 2. The Kier molecular flexibility index (Phi) is 7.81. The molecule has 0 aliphatic heterocycles. The predicted octanol–water partition coefficient (Wildman–Crippen LogP) is 5.36. The summed E-state index contributed by atoms with van der Waals surface area (Å²) in [6.45, 7) is 1.17. The van der Waals surface area contributed by atoms with Crippen LogP contribution in [0.1, 0.15) is 35.6 Å². The Morgan fingerprint density at radius 1 is 0.971 bits per heavy atom. The molecule has 4 rings (SSSR count). The first-order valence-electron chi connectivity index (χ1n) is 11.0. The summed E-state index contributed by atoms with van der Waals surface area (Å²) in [5.74, 6) is 0.827. The van der Waals surface area contributed by atoms with Crippen molar-refractivity contribution in [3.8, 4) is 11.5 Å². The van der Waals surface area contributed by atoms with Crippen LogP contribution < -0.4 is 14.2 Å². The summed E-state index contributed by atoms with van der Waals surface area (Å²) in [5.41, 5.74) is 2.55. The van der Waals surface area contributed by atoms with Gasteiger partial charge < -0.3 is 13.9 Å². The summed E-state index contributed by atoms with van der Waals surface area (Å²) in [7, 11) is 0. The van der Waals surface area contributed by atoms with Crippen molar-refractivity contribution in [1.29, 1.82) is 0 Å². The quantitative estimate of drug-likeness (QED) is 0.229. The van der Waals surface area contributed by atoms with E-state index in [-0.39, 0.29) is 12.4 Å². The highest BCUT2D eigenvalue weighted by Crippen LogP contribution is 2.23. The molecule has 0 fully saturated rings. The molecule has 4 aromatic rings. The molecule has 0 radical (unpaired) electrons. The molecule has 35 heavy (non-hydrogen) atoms. The van der Waals surface area contributed by atoms with E-state index < -0.39 is 6.36 Å². The van der Waals surface area contributed by atoms with Crippen LogP contribution in [0.25, 0.3) is 12.2 Å². The smallest absolute Gasteiger partial charge is 0.487 e. The molecule has 0 aliphatic carbocycles. The van der Waals surface area contributed by atoms with E-state index in [0.29, 0.717) is 17.1 Å². The van der Waals surface area contributed by atoms with Crippen LogP contribution in [0.4, 0.5) is 13.2 Å². The van der Waals surface area contributed by atoms with Gasteiger partial charge in [0.05, 0.1) is 0 Å². The van der Waals surface area contributed by atoms with Crippen molar-refractivity contribution in [2.75, 3.05) is 0 Å². The van der Waals surface area contributed by atoms with Gasteiger partial charge in [-0.1, -0.05) is 29.5 Å². The largest absolute Gasteiger partial charge is 0.573 e. The summed E-state index contributed by atoms with van der Waals surface area (Å²) in [4.78, 5) is 4.33. The van der Waals surface area contributed by atoms with Gasteiger partial charge in [-0.3, -0.25) is 0 Å². The SMILES string of the molecule is FC(F)(F)Oc1ccc(C=Cc2nc(COc3ccc(CCCC[n+]4ccn[nH]4)cc3)co2)cc1. The molecule has 7 nitrogen and oxygen atoms in total. The van der Waals surface area contributed by atoms with Crippen LogP contribution in [0.2, 0.25) is 0 Å². The second-order valence-corrected chi connectivity index (χ2v) is 7.74. The molecular formula is C25H24F3N4O3+. The van der Waals surface area contributed by atoms with Crippen LogP contribution in [0.5, 0.6) is 11.5 Å². The highest BCUT2D eigenvalue weighted by atomic mass is 19.4. The summed E-state index contributed by atoms with van der Waals surface area (Å²) >= 11 is 0. The Bertz CT molecular complexity index is 1200. The molecule has 2 heterocycles. The molecule has 0 atom stereocenters. The lowest BCUT2D eigenvalue weighted by molar-refractivity contribution is -0.753. The molecule has 2 aromatic carbocycles. The number of nitrogens with one attached hydrogen (secondary N) is 1. The van der Waals surface area contributed by atoms with Crippen molar-refractivity contribution in [3.63, 3.8) is 0 Å². The monoisotopic (exact) mass is 485 g/mol. The first-order chi connectivity index (χ1) is 16.9. The predicted molar refractivity (Wildman–Crippen MR) is 121 cm³/mol. The Morgan fingerprint density at radius 2 is 1.74 bits per heavy atom. The number of aromatic nitrogens is 4. The van der Waals surface area contributed by atoms with Crippen LogP contribution in [0.3, 0.4) is 0 Å². The van der Waals surface area contributed by atoms with Crippen molar-refractivity contribution in [2.45, 2.75) is 38.8 Å². The van der Waals surface area contributed by atoms with E-state index in [1.165, 1.54) is 36.1 Å². The lowest BCUT2D eigenvalue weighted by atomic mass is 10.1. The number of nitrogens with zero attached hydrogens (tertiary/aromatic N) is 3. The Hall–Kier alpha value is -4.08. The average Bonchev–Trinajstić information content (AvgIpc) is 3.52. The molecule has 0 saturated heterocycles. The summed E-state index contributed by atoms with van der Waals surface area (Å²) in [6.07, 6.45) is 6.88. The minimum atomic E-state index is -4.71. The number of oxazole rings is 1. The number of halogens is 3. The minimum Gasteiger partial charge on any atom is -0.487 e. The van der Waals surface area contributed by atoms with Crippen LogP contribution in [0, 0.1) is 0 Å². The maximum atomic E-state index is 12.2. The van der Waals surface area contributed by atoms with Gasteiger partial charge in [-0.2, -0.15) is 4.68 Å². The molecule has 1 N–H and O–H groups in total. The first-order valence-corrected chi connectivity index (χ1v) is 11.0. The highest BCUT2D eigenvalue weighted by molar-refractivity contribution is 5.66. The van der Waals surface area contributed by atoms with E-state index in [0.717, 1.165) is 31.6 Å². The van der Waals surface area contributed by atoms with Gasteiger partial charge >= 0.3 is 6.36 Å². The maximum Gasteiger partial charge on any atom is 0.573 e. The normalized spacial score (nSPS) is 11.7. The van der Waals surface area contributed by atoms with Crippen LogP contribution in [0.15, 0.2) is 71.6 Å². The molecule has 2 aromatic heterocycles. The fourth-order valence-corrected chi connectivity index (χ4v) is 3.31. The lowest BCUT2D eigenvalue weighted by Gasteiger charge is -2.08. The molecule has 10 heteroatoms. The van der Waals surface area contributed by atoms with Crippen molar-refractivity contribution < 1.29 is 31.7 Å². The zero-order chi connectivity index (χ0) is 24.5. The van der Waals surface area contributed by atoms with E-state index in [1.54, 1.807) is 18.3 Å². The van der Waals surface area contributed by atoms with Crippen molar-refractivity contribution >= 4 is 12.2 Å². The summed E-state index contributed by atoms with van der Waals surface area (Å²) in [6, 6.07) is 13.5. The van der Waals surface area contributed by atoms with Gasteiger partial charge in [0.2, 0.25) is 12.1 Å². The standard InChI is InChI=1S/C25H23F3N4O3/c26-25(27,28)35-23-11-6-20(7-12-23)8-13-24-30-21(18-34-24)17-33-22-9-4-19(5-10-22)3-1-2-15-32-16-14-29-31-32/h4-14,16,18H,1-3,15,17H2/p+1. The lowest BCUT2D eigenvalue weighted by Crippen LogP contribution is -2.34. The van der Waals surface area contributed by atoms with Gasteiger partial charge in [0, 0.05) is 11.2 Å². The number of benzene rings is 2. The van der Waals surface area contributed by atoms with Crippen LogP contribution >= 0.6 is 0 Å². The first kappa shape index (κ1) is 24.1. The van der Waals surface area contributed by atoms with Gasteiger partial charge in [-0.05, 0) is 60.7 Å². The van der Waals surface area contributed by atoms with Crippen LogP contribution in [-0.2, 0) is 19.6 Å². The van der Waals surface area contributed by atoms with Gasteiger partial charge in [0.1, 0.15) is 36.6 Å². The van der Waals surface area contributed by atoms with E-state index in [2.05, 4.69) is 32.2 Å². The van der Waals surface area contributed by atoms with Gasteiger partial charge in [0.25, 0.3) is 0 Å². The maximum absolute atomic E-state index is 12.2. The molecule has 0 amide bonds. The second kappa shape index (κ2) is 11.4. The molecule has 0 saturated carbocycles. The van der Waals surface area contributed by atoms with Crippen molar-refractivity contribution in [1.82, 2.24) is 15.3 Å². The summed E-state index contributed by atoms with van der Waals surface area (Å²) < 4.78 is 53.7. The number of aromatic amines is 1. The third-order valence-corrected chi connectivity index (χ3v) is 5.03. The topological polar surface area (TPSA) is 77.1 Å². The Balaban J connectivity index is 1.20. The number of alkyl halides is 3. The third kappa shape index (κ3) is 8.02.